The van der Waals surface area contributed by atoms with Crippen molar-refractivity contribution >= 4 is 23.2 Å². The second-order valence-electron chi connectivity index (χ2n) is 8.71. The fraction of sp³-hybridized carbons (Fsp3) is 0.667. The average Bonchev–Trinajstić information content (AvgIpc) is 2.79. The van der Waals surface area contributed by atoms with Crippen molar-refractivity contribution in [2.24, 2.45) is 5.92 Å². The molecule has 2 fully saturated rings. The Hall–Kier alpha value is -1.97. The van der Waals surface area contributed by atoms with E-state index in [9.17, 15) is 4.79 Å². The zero-order valence-electron chi connectivity index (χ0n) is 18.6. The molecule has 1 saturated carbocycles. The molecule has 1 aromatic rings. The van der Waals surface area contributed by atoms with Crippen molar-refractivity contribution in [2.45, 2.75) is 57.4 Å². The number of benzene rings is 1. The monoisotopic (exact) mass is 446 g/mol. The molecular weight excluding hydrogens is 412 g/mol. The first-order valence-corrected chi connectivity index (χ1v) is 11.9. The Morgan fingerprint density at radius 3 is 2.65 bits per heavy atom. The fourth-order valence-corrected chi connectivity index (χ4v) is 5.00. The van der Waals surface area contributed by atoms with E-state index in [1.165, 1.54) is 19.3 Å². The predicted octanol–water partition coefficient (Wildman–Crippen LogP) is 4.23. The Morgan fingerprint density at radius 1 is 1.23 bits per heavy atom. The van der Waals surface area contributed by atoms with Crippen LogP contribution in [0.25, 0.3) is 0 Å². The van der Waals surface area contributed by atoms with Gasteiger partial charge in [0.05, 0.1) is 23.9 Å². The highest BCUT2D eigenvalue weighted by Crippen LogP contribution is 2.35. The van der Waals surface area contributed by atoms with E-state index in [4.69, 9.17) is 21.6 Å². The van der Waals surface area contributed by atoms with Gasteiger partial charge in [0, 0.05) is 45.1 Å². The Bertz CT molecular complexity index is 750. The smallest absolute Gasteiger partial charge is 0.220 e. The molecule has 1 aromatic carbocycles. The number of nitriles is 1. The van der Waals surface area contributed by atoms with Crippen LogP contribution in [0.5, 0.6) is 5.75 Å². The van der Waals surface area contributed by atoms with Crippen LogP contribution in [-0.2, 0) is 4.79 Å². The van der Waals surface area contributed by atoms with Crippen LogP contribution in [0.4, 0.5) is 5.69 Å². The molecule has 1 amide bonds. The van der Waals surface area contributed by atoms with E-state index in [1.807, 2.05) is 12.1 Å². The maximum absolute atomic E-state index is 11.9. The molecule has 0 radical (unpaired) electrons. The summed E-state index contributed by atoms with van der Waals surface area (Å²) in [6.07, 6.45) is 7.39. The van der Waals surface area contributed by atoms with Crippen molar-refractivity contribution in [3.8, 4) is 11.8 Å². The Kier molecular flexibility index (Phi) is 9.30. The number of carbonyl (C=O) groups is 1. The molecule has 2 aliphatic rings. The molecule has 1 aliphatic carbocycles. The van der Waals surface area contributed by atoms with Crippen LogP contribution >= 0.6 is 11.6 Å². The third-order valence-electron chi connectivity index (χ3n) is 6.62. The summed E-state index contributed by atoms with van der Waals surface area (Å²) >= 11 is 6.28. The lowest BCUT2D eigenvalue weighted by Gasteiger charge is -2.37. The second kappa shape index (κ2) is 12.2. The summed E-state index contributed by atoms with van der Waals surface area (Å²) in [5.41, 5.74) is 1.09. The maximum Gasteiger partial charge on any atom is 0.220 e. The first-order chi connectivity index (χ1) is 15.1. The van der Waals surface area contributed by atoms with Crippen LogP contribution in [0.3, 0.4) is 0 Å². The molecule has 0 atom stereocenters. The number of methoxy groups -OCH3 is 1. The SMILES string of the molecule is COc1c(Cl)cccc1N1CCN(CC[C@H]2CC[C@H](NC(=O)CCCC#N)CC2)CC1. The van der Waals surface area contributed by atoms with Gasteiger partial charge in [0.1, 0.15) is 0 Å². The standard InChI is InChI=1S/C24H35ClN4O2/c1-31-24-21(25)5-4-6-22(24)29-17-15-28(16-18-29)14-12-19-8-10-20(11-9-19)27-23(30)7-2-3-13-26/h4-6,19-20H,2-3,7-12,14-18H2,1H3,(H,27,30)/t19-,20-. The number of anilines is 1. The highest BCUT2D eigenvalue weighted by Gasteiger charge is 2.24. The largest absolute Gasteiger partial charge is 0.493 e. The minimum Gasteiger partial charge on any atom is -0.493 e. The quantitative estimate of drug-likeness (QED) is 0.575. The summed E-state index contributed by atoms with van der Waals surface area (Å²) in [5.74, 6) is 1.64. The van der Waals surface area contributed by atoms with Crippen LogP contribution in [0, 0.1) is 17.2 Å². The summed E-state index contributed by atoms with van der Waals surface area (Å²) in [6, 6.07) is 8.35. The van der Waals surface area contributed by atoms with Crippen molar-refractivity contribution in [3.63, 3.8) is 0 Å². The first-order valence-electron chi connectivity index (χ1n) is 11.6. The van der Waals surface area contributed by atoms with Gasteiger partial charge in [0.15, 0.2) is 5.75 Å². The third-order valence-corrected chi connectivity index (χ3v) is 6.92. The van der Waals surface area contributed by atoms with Crippen LogP contribution in [0.15, 0.2) is 18.2 Å². The van der Waals surface area contributed by atoms with Gasteiger partial charge in [0.2, 0.25) is 5.91 Å². The van der Waals surface area contributed by atoms with Crippen LogP contribution in [0.2, 0.25) is 5.02 Å². The molecule has 0 spiro atoms. The highest BCUT2D eigenvalue weighted by molar-refractivity contribution is 6.32. The lowest BCUT2D eigenvalue weighted by atomic mass is 9.84. The number of hydrogen-bond acceptors (Lipinski definition) is 5. The molecule has 31 heavy (non-hydrogen) atoms. The molecule has 1 saturated heterocycles. The number of carbonyl (C=O) groups excluding carboxylic acids is 1. The molecule has 0 aromatic heterocycles. The van der Waals surface area contributed by atoms with Crippen LogP contribution in [0.1, 0.15) is 51.4 Å². The number of para-hydroxylation sites is 1. The fourth-order valence-electron chi connectivity index (χ4n) is 4.75. The number of ether oxygens (including phenoxy) is 1. The highest BCUT2D eigenvalue weighted by atomic mass is 35.5. The molecular formula is C24H35ClN4O2. The molecule has 7 heteroatoms. The number of piperazine rings is 1. The number of halogens is 1. The van der Waals surface area contributed by atoms with Gasteiger partial charge in [-0.3, -0.25) is 9.69 Å². The number of hydrogen-bond donors (Lipinski definition) is 1. The number of rotatable bonds is 9. The zero-order valence-corrected chi connectivity index (χ0v) is 19.4. The predicted molar refractivity (Wildman–Crippen MR) is 125 cm³/mol. The molecule has 6 nitrogen and oxygen atoms in total. The minimum absolute atomic E-state index is 0.105. The van der Waals surface area contributed by atoms with Gasteiger partial charge >= 0.3 is 0 Å². The third kappa shape index (κ3) is 7.02. The van der Waals surface area contributed by atoms with Gasteiger partial charge in [-0.15, -0.1) is 0 Å². The Balaban J connectivity index is 1.33. The second-order valence-corrected chi connectivity index (χ2v) is 9.11. The van der Waals surface area contributed by atoms with Crippen LogP contribution in [-0.4, -0.2) is 56.7 Å². The number of nitrogens with one attached hydrogen (secondary N) is 1. The van der Waals surface area contributed by atoms with Gasteiger partial charge < -0.3 is 15.0 Å². The van der Waals surface area contributed by atoms with Crippen molar-refractivity contribution in [2.75, 3.05) is 44.7 Å². The van der Waals surface area contributed by atoms with E-state index in [0.717, 1.165) is 62.9 Å². The number of nitrogens with zero attached hydrogens (tertiary/aromatic N) is 3. The lowest BCUT2D eigenvalue weighted by Crippen LogP contribution is -2.47. The van der Waals surface area contributed by atoms with Crippen molar-refractivity contribution in [1.82, 2.24) is 10.2 Å². The first kappa shape index (κ1) is 23.7. The molecule has 3 rings (SSSR count). The van der Waals surface area contributed by atoms with E-state index in [-0.39, 0.29) is 5.91 Å². The average molecular weight is 447 g/mol. The van der Waals surface area contributed by atoms with Gasteiger partial charge in [-0.05, 0) is 63.1 Å². The summed E-state index contributed by atoms with van der Waals surface area (Å²) in [7, 11) is 1.68. The molecule has 0 bridgehead atoms. The van der Waals surface area contributed by atoms with E-state index in [1.54, 1.807) is 7.11 Å². The van der Waals surface area contributed by atoms with Crippen molar-refractivity contribution in [3.05, 3.63) is 23.2 Å². The van der Waals surface area contributed by atoms with E-state index < -0.39 is 0 Å². The van der Waals surface area contributed by atoms with Gasteiger partial charge in [-0.1, -0.05) is 17.7 Å². The molecule has 1 N–H and O–H groups in total. The molecule has 0 unspecified atom stereocenters. The van der Waals surface area contributed by atoms with Crippen molar-refractivity contribution < 1.29 is 9.53 Å². The van der Waals surface area contributed by atoms with E-state index in [0.29, 0.717) is 30.3 Å². The lowest BCUT2D eigenvalue weighted by molar-refractivity contribution is -0.122. The number of unbranched alkanes of at least 4 members (excludes halogenated alkanes) is 1. The molecule has 1 aliphatic heterocycles. The Labute approximate surface area is 191 Å². The molecule has 1 heterocycles. The topological polar surface area (TPSA) is 68.6 Å². The summed E-state index contributed by atoms with van der Waals surface area (Å²) in [6.45, 7) is 5.24. The zero-order chi connectivity index (χ0) is 22.1. The molecule has 170 valence electrons. The number of amides is 1. The minimum atomic E-state index is 0.105. The van der Waals surface area contributed by atoms with Gasteiger partial charge in [0.25, 0.3) is 0 Å². The summed E-state index contributed by atoms with van der Waals surface area (Å²) in [5, 5.41) is 12.4. The van der Waals surface area contributed by atoms with Crippen LogP contribution < -0.4 is 15.0 Å². The van der Waals surface area contributed by atoms with Crippen molar-refractivity contribution in [1.29, 1.82) is 5.26 Å². The summed E-state index contributed by atoms with van der Waals surface area (Å²) < 4.78 is 5.51. The maximum atomic E-state index is 11.9. The van der Waals surface area contributed by atoms with E-state index >= 15 is 0 Å². The summed E-state index contributed by atoms with van der Waals surface area (Å²) in [4.78, 5) is 16.9. The van der Waals surface area contributed by atoms with E-state index in [2.05, 4.69) is 27.3 Å². The normalized spacial score (nSPS) is 22.0. The van der Waals surface area contributed by atoms with Gasteiger partial charge in [-0.25, -0.2) is 0 Å². The van der Waals surface area contributed by atoms with Gasteiger partial charge in [-0.2, -0.15) is 5.26 Å². The Morgan fingerprint density at radius 2 is 1.97 bits per heavy atom.